The molecule has 2 rings (SSSR count). The molecule has 3 heteroatoms. The van der Waals surface area contributed by atoms with Crippen molar-refractivity contribution in [2.75, 3.05) is 13.2 Å². The number of ether oxygens (including phenoxy) is 1. The van der Waals surface area contributed by atoms with Gasteiger partial charge in [0, 0.05) is 17.5 Å². The Morgan fingerprint density at radius 1 is 1.53 bits per heavy atom. The fourth-order valence-electron chi connectivity index (χ4n) is 2.11. The van der Waals surface area contributed by atoms with E-state index in [0.717, 1.165) is 5.56 Å². The van der Waals surface area contributed by atoms with Crippen molar-refractivity contribution in [2.24, 2.45) is 5.73 Å². The molecule has 1 aliphatic heterocycles. The van der Waals surface area contributed by atoms with E-state index in [-0.39, 0.29) is 17.3 Å². The first-order chi connectivity index (χ1) is 7.06. The molecule has 1 aromatic carbocycles. The molecule has 0 spiro atoms. The summed E-state index contributed by atoms with van der Waals surface area (Å²) in [6.45, 7) is 5.02. The lowest BCUT2D eigenvalue weighted by Gasteiger charge is -2.36. The summed E-state index contributed by atoms with van der Waals surface area (Å²) in [4.78, 5) is 0. The van der Waals surface area contributed by atoms with Crippen LogP contribution in [-0.4, -0.2) is 13.2 Å². The number of rotatable bonds is 1. The lowest BCUT2D eigenvalue weighted by Crippen LogP contribution is -2.35. The van der Waals surface area contributed by atoms with Crippen molar-refractivity contribution < 1.29 is 9.13 Å². The predicted octanol–water partition coefficient (Wildman–Crippen LogP) is 2.13. The Morgan fingerprint density at radius 2 is 2.27 bits per heavy atom. The first kappa shape index (κ1) is 10.6. The number of fused-ring (bicyclic) bond motifs is 1. The van der Waals surface area contributed by atoms with Gasteiger partial charge < -0.3 is 10.5 Å². The van der Waals surface area contributed by atoms with Gasteiger partial charge in [0.05, 0.1) is 12.7 Å². The number of nitrogens with two attached hydrogens (primary N) is 1. The van der Waals surface area contributed by atoms with Crippen molar-refractivity contribution >= 4 is 0 Å². The maximum absolute atomic E-state index is 13.7. The Morgan fingerprint density at radius 3 is 2.93 bits per heavy atom. The highest BCUT2D eigenvalue weighted by atomic mass is 19.1. The lowest BCUT2D eigenvalue weighted by atomic mass is 9.79. The molecule has 0 bridgehead atoms. The van der Waals surface area contributed by atoms with Gasteiger partial charge in [0.2, 0.25) is 0 Å². The summed E-state index contributed by atoms with van der Waals surface area (Å²) < 4.78 is 19.3. The largest absolute Gasteiger partial charge is 0.371 e. The van der Waals surface area contributed by atoms with Crippen LogP contribution in [0.15, 0.2) is 18.2 Å². The molecular weight excluding hydrogens is 193 g/mol. The van der Waals surface area contributed by atoms with Crippen LogP contribution in [0.25, 0.3) is 0 Å². The fourth-order valence-corrected chi connectivity index (χ4v) is 2.11. The predicted molar refractivity (Wildman–Crippen MR) is 57.2 cm³/mol. The molecular formula is C12H16FNO. The van der Waals surface area contributed by atoms with E-state index < -0.39 is 0 Å². The van der Waals surface area contributed by atoms with E-state index in [1.54, 1.807) is 6.07 Å². The molecule has 0 saturated carbocycles. The van der Waals surface area contributed by atoms with Gasteiger partial charge in [-0.2, -0.15) is 0 Å². The van der Waals surface area contributed by atoms with Crippen molar-refractivity contribution in [1.82, 2.24) is 0 Å². The number of hydrogen-bond acceptors (Lipinski definition) is 2. The molecule has 0 radical (unpaired) electrons. The second kappa shape index (κ2) is 3.58. The van der Waals surface area contributed by atoms with Gasteiger partial charge in [0.1, 0.15) is 5.82 Å². The summed E-state index contributed by atoms with van der Waals surface area (Å²) in [5.41, 5.74) is 7.10. The third-order valence-corrected chi connectivity index (χ3v) is 2.96. The normalized spacial score (nSPS) is 23.6. The molecule has 0 fully saturated rings. The molecule has 1 aliphatic rings. The zero-order valence-electron chi connectivity index (χ0n) is 9.09. The van der Waals surface area contributed by atoms with Crippen LogP contribution in [0, 0.1) is 5.82 Å². The zero-order chi connectivity index (χ0) is 11.1. The molecule has 2 N–H and O–H groups in total. The van der Waals surface area contributed by atoms with Crippen LogP contribution in [0.5, 0.6) is 0 Å². The average molecular weight is 209 g/mol. The van der Waals surface area contributed by atoms with Crippen LogP contribution < -0.4 is 5.73 Å². The van der Waals surface area contributed by atoms with Crippen LogP contribution >= 0.6 is 0 Å². The minimum Gasteiger partial charge on any atom is -0.371 e. The molecule has 2 nitrogen and oxygen atoms in total. The molecule has 0 unspecified atom stereocenters. The van der Waals surface area contributed by atoms with E-state index in [9.17, 15) is 4.39 Å². The van der Waals surface area contributed by atoms with Crippen LogP contribution in [0.4, 0.5) is 4.39 Å². The lowest BCUT2D eigenvalue weighted by molar-refractivity contribution is 0.00953. The van der Waals surface area contributed by atoms with Crippen LogP contribution in [0.3, 0.4) is 0 Å². The Kier molecular flexibility index (Phi) is 2.52. The fraction of sp³-hybridized carbons (Fsp3) is 0.500. The van der Waals surface area contributed by atoms with E-state index in [1.807, 2.05) is 6.07 Å². The quantitative estimate of drug-likeness (QED) is 0.769. The third kappa shape index (κ3) is 1.66. The minimum atomic E-state index is -0.297. The summed E-state index contributed by atoms with van der Waals surface area (Å²) in [5, 5.41) is 0. The van der Waals surface area contributed by atoms with Crippen molar-refractivity contribution in [3.8, 4) is 0 Å². The molecule has 1 heterocycles. The van der Waals surface area contributed by atoms with Crippen LogP contribution in [0.2, 0.25) is 0 Å². The maximum atomic E-state index is 13.7. The second-order valence-corrected chi connectivity index (χ2v) is 4.62. The Hall–Kier alpha value is -0.930. The van der Waals surface area contributed by atoms with Gasteiger partial charge in [-0.3, -0.25) is 0 Å². The molecule has 0 saturated heterocycles. The van der Waals surface area contributed by atoms with Gasteiger partial charge in [-0.15, -0.1) is 0 Å². The molecule has 1 atom stereocenters. The van der Waals surface area contributed by atoms with E-state index in [2.05, 4.69) is 13.8 Å². The number of halogens is 1. The van der Waals surface area contributed by atoms with E-state index in [0.29, 0.717) is 18.7 Å². The van der Waals surface area contributed by atoms with Crippen molar-refractivity contribution in [2.45, 2.75) is 25.4 Å². The Bertz CT molecular complexity index is 376. The molecule has 0 amide bonds. The monoisotopic (exact) mass is 209 g/mol. The van der Waals surface area contributed by atoms with E-state index in [4.69, 9.17) is 10.5 Å². The van der Waals surface area contributed by atoms with Crippen LogP contribution in [-0.2, 0) is 10.2 Å². The Labute approximate surface area is 89.2 Å². The molecule has 1 aromatic rings. The van der Waals surface area contributed by atoms with Gasteiger partial charge in [-0.05, 0) is 11.6 Å². The summed E-state index contributed by atoms with van der Waals surface area (Å²) in [6, 6.07) is 5.17. The highest BCUT2D eigenvalue weighted by Crippen LogP contribution is 2.38. The van der Waals surface area contributed by atoms with Crippen molar-refractivity contribution in [1.29, 1.82) is 0 Å². The van der Waals surface area contributed by atoms with Gasteiger partial charge >= 0.3 is 0 Å². The first-order valence-corrected chi connectivity index (χ1v) is 5.17. The molecule has 0 aromatic heterocycles. The Balaban J connectivity index is 2.58. The standard InChI is InChI=1S/C12H16FNO/c1-12(2)7-15-10(6-14)11-8(12)4-3-5-9(11)13/h3-5,10H,6-7,14H2,1-2H3/t10-/m0/s1. The van der Waals surface area contributed by atoms with Gasteiger partial charge in [0.15, 0.2) is 0 Å². The number of benzene rings is 1. The van der Waals surface area contributed by atoms with E-state index >= 15 is 0 Å². The smallest absolute Gasteiger partial charge is 0.129 e. The van der Waals surface area contributed by atoms with Gasteiger partial charge in [-0.25, -0.2) is 4.39 Å². The first-order valence-electron chi connectivity index (χ1n) is 5.17. The van der Waals surface area contributed by atoms with E-state index in [1.165, 1.54) is 6.07 Å². The summed E-state index contributed by atoms with van der Waals surface area (Å²) in [5.74, 6) is -0.212. The highest BCUT2D eigenvalue weighted by Gasteiger charge is 2.34. The molecule has 82 valence electrons. The molecule has 0 aliphatic carbocycles. The van der Waals surface area contributed by atoms with Gasteiger partial charge in [-0.1, -0.05) is 26.0 Å². The van der Waals surface area contributed by atoms with Crippen molar-refractivity contribution in [3.63, 3.8) is 0 Å². The SMILES string of the molecule is CC1(C)CO[C@@H](CN)c2c(F)cccc21. The van der Waals surface area contributed by atoms with Crippen LogP contribution in [0.1, 0.15) is 31.1 Å². The third-order valence-electron chi connectivity index (χ3n) is 2.96. The topological polar surface area (TPSA) is 35.2 Å². The summed E-state index contributed by atoms with van der Waals surface area (Å²) in [7, 11) is 0. The zero-order valence-corrected chi connectivity index (χ0v) is 9.09. The van der Waals surface area contributed by atoms with Gasteiger partial charge in [0.25, 0.3) is 0 Å². The highest BCUT2D eigenvalue weighted by molar-refractivity contribution is 5.38. The summed E-state index contributed by atoms with van der Waals surface area (Å²) >= 11 is 0. The number of hydrogen-bond donors (Lipinski definition) is 1. The molecule has 15 heavy (non-hydrogen) atoms. The summed E-state index contributed by atoms with van der Waals surface area (Å²) in [6.07, 6.45) is -0.297. The maximum Gasteiger partial charge on any atom is 0.129 e. The average Bonchev–Trinajstić information content (AvgIpc) is 2.19. The van der Waals surface area contributed by atoms with Crippen molar-refractivity contribution in [3.05, 3.63) is 35.1 Å². The minimum absolute atomic E-state index is 0.136. The second-order valence-electron chi connectivity index (χ2n) is 4.62.